The van der Waals surface area contributed by atoms with Crippen LogP contribution in [-0.4, -0.2) is 5.97 Å². The quantitative estimate of drug-likeness (QED) is 0.378. The Kier molecular flexibility index (Phi) is 5.68. The summed E-state index contributed by atoms with van der Waals surface area (Å²) in [6.07, 6.45) is 6.43. The lowest BCUT2D eigenvalue weighted by Gasteiger charge is -2.11. The summed E-state index contributed by atoms with van der Waals surface area (Å²) in [5.41, 5.74) is -1.99. The molecular formula is C17H12Cl3F3O2. The SMILES string of the molecule is C#Cc1c(F)c(F)c(COC(=O)[C@H]2[C@H](C=C(Cl)Cl)C2(C)C)c(Cl)c1F. The monoisotopic (exact) mass is 410 g/mol. The fraction of sp³-hybridized carbons (Fsp3) is 0.353. The smallest absolute Gasteiger partial charge is 0.310 e. The molecule has 0 spiro atoms. The Labute approximate surface area is 157 Å². The van der Waals surface area contributed by atoms with E-state index in [0.29, 0.717) is 0 Å². The van der Waals surface area contributed by atoms with Gasteiger partial charge in [-0.2, -0.15) is 0 Å². The normalized spacial score (nSPS) is 20.6. The van der Waals surface area contributed by atoms with Crippen LogP contribution < -0.4 is 0 Å². The number of carbonyl (C=O) groups excluding carboxylic acids is 1. The van der Waals surface area contributed by atoms with Crippen LogP contribution in [0.15, 0.2) is 10.6 Å². The molecule has 0 aliphatic heterocycles. The molecule has 0 radical (unpaired) electrons. The van der Waals surface area contributed by atoms with Crippen molar-refractivity contribution in [3.63, 3.8) is 0 Å². The first-order valence-electron chi connectivity index (χ1n) is 7.04. The fourth-order valence-corrected chi connectivity index (χ4v) is 3.24. The van der Waals surface area contributed by atoms with E-state index in [9.17, 15) is 18.0 Å². The van der Waals surface area contributed by atoms with E-state index >= 15 is 0 Å². The van der Waals surface area contributed by atoms with Crippen LogP contribution in [0, 0.1) is 47.0 Å². The van der Waals surface area contributed by atoms with Crippen molar-refractivity contribution in [2.45, 2.75) is 20.5 Å². The molecule has 0 saturated heterocycles. The zero-order valence-corrected chi connectivity index (χ0v) is 15.4. The Balaban J connectivity index is 2.20. The molecule has 2 rings (SSSR count). The molecule has 0 unspecified atom stereocenters. The van der Waals surface area contributed by atoms with Crippen LogP contribution in [-0.2, 0) is 16.1 Å². The van der Waals surface area contributed by atoms with E-state index < -0.39 is 57.5 Å². The van der Waals surface area contributed by atoms with Crippen molar-refractivity contribution < 1.29 is 22.7 Å². The highest BCUT2D eigenvalue weighted by atomic mass is 35.5. The first-order valence-corrected chi connectivity index (χ1v) is 8.18. The molecule has 8 heteroatoms. The van der Waals surface area contributed by atoms with Gasteiger partial charge in [-0.25, -0.2) is 13.2 Å². The molecule has 1 aliphatic rings. The molecule has 2 nitrogen and oxygen atoms in total. The number of carbonyl (C=O) groups is 1. The Morgan fingerprint density at radius 1 is 1.28 bits per heavy atom. The molecule has 2 atom stereocenters. The van der Waals surface area contributed by atoms with E-state index in [0.717, 1.165) is 0 Å². The summed E-state index contributed by atoms with van der Waals surface area (Å²) in [6, 6.07) is 0. The van der Waals surface area contributed by atoms with Crippen molar-refractivity contribution >= 4 is 40.8 Å². The summed E-state index contributed by atoms with van der Waals surface area (Å²) in [7, 11) is 0. The minimum Gasteiger partial charge on any atom is -0.460 e. The highest BCUT2D eigenvalue weighted by Gasteiger charge is 2.61. The van der Waals surface area contributed by atoms with Crippen LogP contribution in [0.4, 0.5) is 13.2 Å². The summed E-state index contributed by atoms with van der Waals surface area (Å²) < 4.78 is 46.6. The summed E-state index contributed by atoms with van der Waals surface area (Å²) in [5.74, 6) is -4.12. The second-order valence-corrected chi connectivity index (χ2v) is 7.53. The third kappa shape index (κ3) is 3.62. The van der Waals surface area contributed by atoms with Gasteiger partial charge in [-0.05, 0) is 17.4 Å². The third-order valence-corrected chi connectivity index (χ3v) is 4.97. The molecule has 0 bridgehead atoms. The Hall–Kier alpha value is -1.35. The predicted molar refractivity (Wildman–Crippen MR) is 89.6 cm³/mol. The summed E-state index contributed by atoms with van der Waals surface area (Å²) in [4.78, 5) is 12.2. The third-order valence-electron chi connectivity index (χ3n) is 4.33. The zero-order chi connectivity index (χ0) is 19.1. The van der Waals surface area contributed by atoms with Gasteiger partial charge in [0.1, 0.15) is 16.7 Å². The number of esters is 1. The van der Waals surface area contributed by atoms with E-state index in [-0.39, 0.29) is 10.4 Å². The predicted octanol–water partition coefficient (Wildman–Crippen LogP) is 5.37. The van der Waals surface area contributed by atoms with E-state index in [4.69, 9.17) is 46.0 Å². The van der Waals surface area contributed by atoms with Crippen LogP contribution in [0.5, 0.6) is 0 Å². The lowest BCUT2D eigenvalue weighted by Crippen LogP contribution is -2.13. The molecule has 1 saturated carbocycles. The Morgan fingerprint density at radius 3 is 2.40 bits per heavy atom. The second kappa shape index (κ2) is 7.11. The number of halogens is 6. The van der Waals surface area contributed by atoms with Crippen LogP contribution >= 0.6 is 34.8 Å². The minimum absolute atomic E-state index is 0.0106. The number of terminal acetylenes is 1. The number of rotatable bonds is 4. The van der Waals surface area contributed by atoms with Crippen molar-refractivity contribution in [3.8, 4) is 12.3 Å². The van der Waals surface area contributed by atoms with Crippen molar-refractivity contribution in [1.29, 1.82) is 0 Å². The highest BCUT2D eigenvalue weighted by Crippen LogP contribution is 2.60. The second-order valence-electron chi connectivity index (χ2n) is 6.14. The Bertz CT molecular complexity index is 779. The summed E-state index contributed by atoms with van der Waals surface area (Å²) in [6.45, 7) is 2.86. The molecule has 1 fully saturated rings. The van der Waals surface area contributed by atoms with Gasteiger partial charge < -0.3 is 4.74 Å². The van der Waals surface area contributed by atoms with Gasteiger partial charge in [-0.1, -0.05) is 54.6 Å². The molecule has 0 aromatic heterocycles. The average Bonchev–Trinajstić information content (AvgIpc) is 3.05. The van der Waals surface area contributed by atoms with Crippen LogP contribution in [0.25, 0.3) is 0 Å². The molecule has 25 heavy (non-hydrogen) atoms. The number of ether oxygens (including phenoxy) is 1. The summed E-state index contributed by atoms with van der Waals surface area (Å²) in [5, 5.41) is -0.727. The first-order chi connectivity index (χ1) is 11.5. The highest BCUT2D eigenvalue weighted by molar-refractivity contribution is 6.55. The fourth-order valence-electron chi connectivity index (χ4n) is 2.74. The lowest BCUT2D eigenvalue weighted by molar-refractivity contribution is -0.147. The van der Waals surface area contributed by atoms with Crippen molar-refractivity contribution in [3.05, 3.63) is 44.2 Å². The van der Waals surface area contributed by atoms with Gasteiger partial charge in [0.05, 0.1) is 10.9 Å². The topological polar surface area (TPSA) is 26.3 Å². The van der Waals surface area contributed by atoms with Gasteiger partial charge in [-0.15, -0.1) is 6.42 Å². The van der Waals surface area contributed by atoms with Crippen LogP contribution in [0.2, 0.25) is 5.02 Å². The maximum atomic E-state index is 14.0. The van der Waals surface area contributed by atoms with Gasteiger partial charge in [-0.3, -0.25) is 4.79 Å². The zero-order valence-electron chi connectivity index (χ0n) is 13.1. The van der Waals surface area contributed by atoms with Gasteiger partial charge in [0.15, 0.2) is 17.5 Å². The van der Waals surface area contributed by atoms with Gasteiger partial charge in [0.25, 0.3) is 0 Å². The van der Waals surface area contributed by atoms with E-state index in [1.165, 1.54) is 6.08 Å². The van der Waals surface area contributed by atoms with Gasteiger partial charge >= 0.3 is 5.97 Å². The van der Waals surface area contributed by atoms with E-state index in [1.54, 1.807) is 19.8 Å². The molecule has 1 aliphatic carbocycles. The average molecular weight is 412 g/mol. The summed E-state index contributed by atoms with van der Waals surface area (Å²) >= 11 is 16.9. The molecule has 1 aromatic rings. The number of hydrogen-bond acceptors (Lipinski definition) is 2. The Morgan fingerprint density at radius 2 is 1.88 bits per heavy atom. The lowest BCUT2D eigenvalue weighted by atomic mass is 10.1. The molecular weight excluding hydrogens is 400 g/mol. The maximum absolute atomic E-state index is 14.0. The minimum atomic E-state index is -1.56. The van der Waals surface area contributed by atoms with Crippen molar-refractivity contribution in [2.75, 3.05) is 0 Å². The number of benzene rings is 1. The van der Waals surface area contributed by atoms with Gasteiger partial charge in [0, 0.05) is 5.56 Å². The number of allylic oxidation sites excluding steroid dienone is 1. The van der Waals surface area contributed by atoms with E-state index in [2.05, 4.69) is 0 Å². The van der Waals surface area contributed by atoms with Crippen LogP contribution in [0.1, 0.15) is 25.0 Å². The molecule has 0 amide bonds. The standard InChI is InChI=1S/C17H12Cl3F3O2/c1-4-7-13(21)12(20)8(15(23)14(7)22)6-25-16(24)11-9(5-10(18)19)17(11,2)3/h1,5,9,11H,6H2,2-3H3/t9-,11+/m0/s1. The van der Waals surface area contributed by atoms with Crippen molar-refractivity contribution in [1.82, 2.24) is 0 Å². The largest absolute Gasteiger partial charge is 0.460 e. The van der Waals surface area contributed by atoms with E-state index in [1.807, 2.05) is 0 Å². The molecule has 134 valence electrons. The maximum Gasteiger partial charge on any atom is 0.310 e. The van der Waals surface area contributed by atoms with Crippen molar-refractivity contribution in [2.24, 2.45) is 17.3 Å². The first kappa shape index (κ1) is 20.0. The van der Waals surface area contributed by atoms with Crippen LogP contribution in [0.3, 0.4) is 0 Å². The van der Waals surface area contributed by atoms with Gasteiger partial charge in [0.2, 0.25) is 0 Å². The number of hydrogen-bond donors (Lipinski definition) is 0. The molecule has 1 aromatic carbocycles. The molecule has 0 heterocycles. The molecule has 0 N–H and O–H groups in total.